The van der Waals surface area contributed by atoms with Crippen molar-refractivity contribution in [1.82, 2.24) is 15.0 Å². The quantitative estimate of drug-likeness (QED) is 0.915. The number of hydrogen-bond acceptors (Lipinski definition) is 3. The standard InChI is InChI=1S/C14H15N3O2/c18-14(19)12-8-4-7-11(12)13-9-15-16-17(13)10-5-2-1-3-6-10/h1-3,5-6,9,11-12H,4,7-8H2,(H,18,19). The van der Waals surface area contributed by atoms with E-state index < -0.39 is 5.97 Å². The van der Waals surface area contributed by atoms with Gasteiger partial charge in [0.05, 0.1) is 23.5 Å². The van der Waals surface area contributed by atoms with Gasteiger partial charge in [0, 0.05) is 5.92 Å². The van der Waals surface area contributed by atoms with E-state index in [0.717, 1.165) is 30.6 Å². The summed E-state index contributed by atoms with van der Waals surface area (Å²) in [7, 11) is 0. The van der Waals surface area contributed by atoms with Crippen LogP contribution in [0.15, 0.2) is 36.5 Å². The number of carboxylic acid groups (broad SMARTS) is 1. The molecule has 2 atom stereocenters. The zero-order valence-electron chi connectivity index (χ0n) is 10.4. The molecule has 1 aromatic heterocycles. The van der Waals surface area contributed by atoms with Crippen LogP contribution in [0.1, 0.15) is 30.9 Å². The van der Waals surface area contributed by atoms with Crippen LogP contribution in [0.4, 0.5) is 0 Å². The molecule has 0 bridgehead atoms. The molecule has 1 N–H and O–H groups in total. The second kappa shape index (κ2) is 4.84. The van der Waals surface area contributed by atoms with Gasteiger partial charge in [-0.2, -0.15) is 0 Å². The molecule has 1 fully saturated rings. The summed E-state index contributed by atoms with van der Waals surface area (Å²) in [6, 6.07) is 9.70. The maximum absolute atomic E-state index is 11.3. The Kier molecular flexibility index (Phi) is 3.03. The summed E-state index contributed by atoms with van der Waals surface area (Å²) < 4.78 is 1.76. The van der Waals surface area contributed by atoms with Crippen molar-refractivity contribution in [3.8, 4) is 5.69 Å². The molecular formula is C14H15N3O2. The molecule has 0 amide bonds. The van der Waals surface area contributed by atoms with E-state index in [2.05, 4.69) is 10.3 Å². The summed E-state index contributed by atoms with van der Waals surface area (Å²) in [5.74, 6) is -1.03. The van der Waals surface area contributed by atoms with E-state index >= 15 is 0 Å². The summed E-state index contributed by atoms with van der Waals surface area (Å²) >= 11 is 0. The molecule has 98 valence electrons. The largest absolute Gasteiger partial charge is 0.481 e. The number of rotatable bonds is 3. The van der Waals surface area contributed by atoms with Gasteiger partial charge in [-0.1, -0.05) is 29.8 Å². The van der Waals surface area contributed by atoms with E-state index in [9.17, 15) is 9.90 Å². The van der Waals surface area contributed by atoms with Crippen molar-refractivity contribution in [3.05, 3.63) is 42.2 Å². The molecule has 5 nitrogen and oxygen atoms in total. The number of para-hydroxylation sites is 1. The number of hydrogen-bond donors (Lipinski definition) is 1. The first-order chi connectivity index (χ1) is 9.27. The van der Waals surface area contributed by atoms with Gasteiger partial charge in [0.25, 0.3) is 0 Å². The maximum Gasteiger partial charge on any atom is 0.307 e. The number of benzene rings is 1. The molecule has 1 heterocycles. The topological polar surface area (TPSA) is 68.0 Å². The van der Waals surface area contributed by atoms with Crippen molar-refractivity contribution in [2.24, 2.45) is 5.92 Å². The Hall–Kier alpha value is -2.17. The maximum atomic E-state index is 11.3. The molecule has 1 aromatic carbocycles. The lowest BCUT2D eigenvalue weighted by molar-refractivity contribution is -0.142. The van der Waals surface area contributed by atoms with Crippen molar-refractivity contribution in [1.29, 1.82) is 0 Å². The van der Waals surface area contributed by atoms with Gasteiger partial charge < -0.3 is 5.11 Å². The molecule has 1 saturated carbocycles. The molecule has 2 unspecified atom stereocenters. The molecule has 3 rings (SSSR count). The van der Waals surface area contributed by atoms with Crippen LogP contribution in [0.3, 0.4) is 0 Å². The number of aromatic nitrogens is 3. The van der Waals surface area contributed by atoms with Crippen LogP contribution in [-0.2, 0) is 4.79 Å². The first-order valence-corrected chi connectivity index (χ1v) is 6.46. The molecule has 19 heavy (non-hydrogen) atoms. The van der Waals surface area contributed by atoms with E-state index in [0.29, 0.717) is 0 Å². The van der Waals surface area contributed by atoms with Crippen LogP contribution in [0.25, 0.3) is 5.69 Å². The third-order valence-corrected chi connectivity index (χ3v) is 3.79. The average Bonchev–Trinajstić information content (AvgIpc) is 3.08. The lowest BCUT2D eigenvalue weighted by Crippen LogP contribution is -2.19. The molecule has 0 spiro atoms. The normalized spacial score (nSPS) is 22.5. The lowest BCUT2D eigenvalue weighted by Gasteiger charge is -2.16. The van der Waals surface area contributed by atoms with Gasteiger partial charge in [-0.3, -0.25) is 4.79 Å². The monoisotopic (exact) mass is 257 g/mol. The van der Waals surface area contributed by atoms with Crippen molar-refractivity contribution in [2.45, 2.75) is 25.2 Å². The molecule has 0 radical (unpaired) electrons. The summed E-state index contributed by atoms with van der Waals surface area (Å²) in [6.07, 6.45) is 4.26. The summed E-state index contributed by atoms with van der Waals surface area (Å²) in [5, 5.41) is 17.3. The number of aliphatic carboxylic acids is 1. The lowest BCUT2D eigenvalue weighted by atomic mass is 9.93. The van der Waals surface area contributed by atoms with Gasteiger partial charge in [0.2, 0.25) is 0 Å². The minimum Gasteiger partial charge on any atom is -0.481 e. The van der Waals surface area contributed by atoms with Crippen LogP contribution in [0.2, 0.25) is 0 Å². The smallest absolute Gasteiger partial charge is 0.307 e. The summed E-state index contributed by atoms with van der Waals surface area (Å²) in [4.78, 5) is 11.3. The van der Waals surface area contributed by atoms with Crippen molar-refractivity contribution in [3.63, 3.8) is 0 Å². The molecule has 0 aliphatic heterocycles. The highest BCUT2D eigenvalue weighted by molar-refractivity contribution is 5.71. The zero-order chi connectivity index (χ0) is 13.2. The third kappa shape index (κ3) is 2.12. The van der Waals surface area contributed by atoms with Crippen molar-refractivity contribution in [2.75, 3.05) is 0 Å². The van der Waals surface area contributed by atoms with Gasteiger partial charge in [-0.15, -0.1) is 5.10 Å². The Bertz CT molecular complexity index is 579. The molecular weight excluding hydrogens is 242 g/mol. The first kappa shape index (κ1) is 11.9. The van der Waals surface area contributed by atoms with Gasteiger partial charge >= 0.3 is 5.97 Å². The minimum atomic E-state index is -0.719. The van der Waals surface area contributed by atoms with Gasteiger partial charge in [0.1, 0.15) is 0 Å². The zero-order valence-corrected chi connectivity index (χ0v) is 10.4. The second-order valence-corrected chi connectivity index (χ2v) is 4.89. The first-order valence-electron chi connectivity index (χ1n) is 6.46. The number of carboxylic acids is 1. The van der Waals surface area contributed by atoms with Crippen LogP contribution in [-0.4, -0.2) is 26.1 Å². The molecule has 2 aromatic rings. The number of carbonyl (C=O) groups is 1. The summed E-state index contributed by atoms with van der Waals surface area (Å²) in [6.45, 7) is 0. The predicted molar refractivity (Wildman–Crippen MR) is 69.1 cm³/mol. The molecule has 1 aliphatic carbocycles. The molecule has 1 aliphatic rings. The van der Waals surface area contributed by atoms with E-state index in [4.69, 9.17) is 0 Å². The SMILES string of the molecule is O=C(O)C1CCCC1c1cnnn1-c1ccccc1. The Balaban J connectivity index is 1.99. The fourth-order valence-electron chi connectivity index (χ4n) is 2.88. The highest BCUT2D eigenvalue weighted by Gasteiger charge is 2.36. The van der Waals surface area contributed by atoms with Crippen molar-refractivity contribution >= 4 is 5.97 Å². The third-order valence-electron chi connectivity index (χ3n) is 3.79. The van der Waals surface area contributed by atoms with Gasteiger partial charge in [0.15, 0.2) is 0 Å². The Morgan fingerprint density at radius 3 is 2.79 bits per heavy atom. The second-order valence-electron chi connectivity index (χ2n) is 4.89. The Labute approximate surface area is 110 Å². The Morgan fingerprint density at radius 1 is 1.26 bits per heavy atom. The van der Waals surface area contributed by atoms with E-state index in [-0.39, 0.29) is 11.8 Å². The van der Waals surface area contributed by atoms with Crippen molar-refractivity contribution < 1.29 is 9.90 Å². The van der Waals surface area contributed by atoms with E-state index in [1.54, 1.807) is 10.9 Å². The summed E-state index contributed by atoms with van der Waals surface area (Å²) in [5.41, 5.74) is 1.82. The number of nitrogens with zero attached hydrogens (tertiary/aromatic N) is 3. The highest BCUT2D eigenvalue weighted by Crippen LogP contribution is 2.39. The van der Waals surface area contributed by atoms with E-state index in [1.807, 2.05) is 30.3 Å². The van der Waals surface area contributed by atoms with Crippen LogP contribution >= 0.6 is 0 Å². The van der Waals surface area contributed by atoms with Gasteiger partial charge in [-0.05, 0) is 25.0 Å². The average molecular weight is 257 g/mol. The molecule has 5 heteroatoms. The predicted octanol–water partition coefficient (Wildman–Crippen LogP) is 2.24. The fourth-order valence-corrected chi connectivity index (χ4v) is 2.88. The fraction of sp³-hybridized carbons (Fsp3) is 0.357. The van der Waals surface area contributed by atoms with Crippen LogP contribution in [0.5, 0.6) is 0 Å². The highest BCUT2D eigenvalue weighted by atomic mass is 16.4. The van der Waals surface area contributed by atoms with Crippen LogP contribution < -0.4 is 0 Å². The van der Waals surface area contributed by atoms with Gasteiger partial charge in [-0.25, -0.2) is 4.68 Å². The minimum absolute atomic E-state index is 0.00714. The van der Waals surface area contributed by atoms with Crippen LogP contribution in [0, 0.1) is 5.92 Å². The van der Waals surface area contributed by atoms with E-state index in [1.165, 1.54) is 0 Å². The Morgan fingerprint density at radius 2 is 2.05 bits per heavy atom. The molecule has 0 saturated heterocycles.